The molecular formula is C7H13N5O. The zero-order chi connectivity index (χ0) is 9.26. The number of rotatable bonds is 2. The van der Waals surface area contributed by atoms with Gasteiger partial charge in [0.1, 0.15) is 0 Å². The number of tetrazole rings is 1. The minimum Gasteiger partial charge on any atom is -0.379 e. The average Bonchev–Trinajstić information content (AvgIpc) is 2.72. The summed E-state index contributed by atoms with van der Waals surface area (Å²) in [6.45, 7) is 3.72. The van der Waals surface area contributed by atoms with Crippen LogP contribution in [-0.2, 0) is 4.74 Å². The maximum absolute atomic E-state index is 5.36. The number of hydrogen-bond donors (Lipinski definition) is 1. The molecule has 1 fully saturated rings. The molecule has 0 amide bonds. The topological polar surface area (TPSA) is 66.9 Å². The summed E-state index contributed by atoms with van der Waals surface area (Å²) in [5.74, 6) is 1.14. The second-order valence-corrected chi connectivity index (χ2v) is 3.40. The number of aromatic amines is 1. The second-order valence-electron chi connectivity index (χ2n) is 3.40. The lowest BCUT2D eigenvalue weighted by atomic mass is 10.1. The number of nitrogens with zero attached hydrogens (tertiary/aromatic N) is 4. The number of nitrogens with one attached hydrogen (secondary N) is 1. The van der Waals surface area contributed by atoms with Gasteiger partial charge in [0.25, 0.3) is 5.95 Å². The second kappa shape index (κ2) is 3.29. The van der Waals surface area contributed by atoms with Crippen molar-refractivity contribution in [3.05, 3.63) is 0 Å². The molecule has 0 aliphatic carbocycles. The van der Waals surface area contributed by atoms with E-state index < -0.39 is 0 Å². The molecule has 2 heterocycles. The summed E-state index contributed by atoms with van der Waals surface area (Å²) >= 11 is 0. The van der Waals surface area contributed by atoms with Gasteiger partial charge in [-0.1, -0.05) is 12.0 Å². The molecule has 1 N–H and O–H groups in total. The molecular weight excluding hydrogens is 170 g/mol. The molecule has 1 aliphatic rings. The predicted molar refractivity (Wildman–Crippen MR) is 46.4 cm³/mol. The summed E-state index contributed by atoms with van der Waals surface area (Å²) in [5.41, 5.74) is 0. The van der Waals surface area contributed by atoms with Crippen LogP contribution in [0.5, 0.6) is 0 Å². The molecule has 0 spiro atoms. The maximum atomic E-state index is 5.36. The van der Waals surface area contributed by atoms with E-state index in [1.807, 2.05) is 11.9 Å². The Morgan fingerprint density at radius 1 is 1.54 bits per heavy atom. The fourth-order valence-electron chi connectivity index (χ4n) is 1.60. The molecule has 2 unspecified atom stereocenters. The Labute approximate surface area is 76.3 Å². The molecule has 1 aliphatic heterocycles. The van der Waals surface area contributed by atoms with Gasteiger partial charge in [-0.2, -0.15) is 5.21 Å². The van der Waals surface area contributed by atoms with Gasteiger partial charge < -0.3 is 9.64 Å². The monoisotopic (exact) mass is 183 g/mol. The van der Waals surface area contributed by atoms with E-state index >= 15 is 0 Å². The van der Waals surface area contributed by atoms with E-state index in [1.165, 1.54) is 0 Å². The zero-order valence-corrected chi connectivity index (χ0v) is 7.77. The van der Waals surface area contributed by atoms with E-state index in [9.17, 15) is 0 Å². The Morgan fingerprint density at radius 2 is 2.38 bits per heavy atom. The highest BCUT2D eigenvalue weighted by Gasteiger charge is 2.29. The smallest absolute Gasteiger partial charge is 0.265 e. The molecule has 1 aromatic rings. The standard InChI is InChI=1S/C7H13N5O/c1-5-3-13-4-6(5)12(2)7-8-10-11-9-7/h5-6H,3-4H2,1-2H3,(H,8,9,10,11). The lowest BCUT2D eigenvalue weighted by Gasteiger charge is -2.24. The molecule has 2 atom stereocenters. The van der Waals surface area contributed by atoms with Crippen LogP contribution in [0.1, 0.15) is 6.92 Å². The van der Waals surface area contributed by atoms with Gasteiger partial charge in [0.05, 0.1) is 19.3 Å². The molecule has 13 heavy (non-hydrogen) atoms. The maximum Gasteiger partial charge on any atom is 0.265 e. The van der Waals surface area contributed by atoms with E-state index in [0.717, 1.165) is 13.2 Å². The first-order valence-electron chi connectivity index (χ1n) is 4.33. The van der Waals surface area contributed by atoms with Crippen molar-refractivity contribution < 1.29 is 4.74 Å². The van der Waals surface area contributed by atoms with E-state index in [4.69, 9.17) is 4.74 Å². The Kier molecular flexibility index (Phi) is 2.13. The fourth-order valence-corrected chi connectivity index (χ4v) is 1.60. The van der Waals surface area contributed by atoms with Crippen LogP contribution >= 0.6 is 0 Å². The van der Waals surface area contributed by atoms with Crippen LogP contribution in [0.4, 0.5) is 5.95 Å². The van der Waals surface area contributed by atoms with Crippen molar-refractivity contribution in [2.24, 2.45) is 5.92 Å². The summed E-state index contributed by atoms with van der Waals surface area (Å²) in [6.07, 6.45) is 0. The van der Waals surface area contributed by atoms with Crippen molar-refractivity contribution in [1.82, 2.24) is 20.6 Å². The Hall–Kier alpha value is -1.17. The van der Waals surface area contributed by atoms with Crippen molar-refractivity contribution >= 4 is 5.95 Å². The average molecular weight is 183 g/mol. The number of likely N-dealkylation sites (N-methyl/N-ethyl adjacent to an activating group) is 1. The molecule has 1 aromatic heterocycles. The Balaban J connectivity index is 2.08. The highest BCUT2D eigenvalue weighted by molar-refractivity contribution is 5.27. The number of anilines is 1. The van der Waals surface area contributed by atoms with Crippen molar-refractivity contribution in [3.8, 4) is 0 Å². The van der Waals surface area contributed by atoms with Crippen LogP contribution in [0.25, 0.3) is 0 Å². The lowest BCUT2D eigenvalue weighted by Crippen LogP contribution is -2.37. The van der Waals surface area contributed by atoms with E-state index in [2.05, 4.69) is 27.5 Å². The van der Waals surface area contributed by atoms with Gasteiger partial charge in [0.15, 0.2) is 0 Å². The minimum atomic E-state index is 0.359. The number of aromatic nitrogens is 4. The zero-order valence-electron chi connectivity index (χ0n) is 7.77. The van der Waals surface area contributed by atoms with Crippen molar-refractivity contribution in [1.29, 1.82) is 0 Å². The van der Waals surface area contributed by atoms with Crippen LogP contribution in [0.15, 0.2) is 0 Å². The third kappa shape index (κ3) is 1.49. The molecule has 72 valence electrons. The van der Waals surface area contributed by atoms with Crippen LogP contribution in [-0.4, -0.2) is 46.9 Å². The highest BCUT2D eigenvalue weighted by Crippen LogP contribution is 2.20. The normalized spacial score (nSPS) is 27.8. The Morgan fingerprint density at radius 3 is 2.92 bits per heavy atom. The molecule has 6 nitrogen and oxygen atoms in total. The molecule has 1 saturated heterocycles. The largest absolute Gasteiger partial charge is 0.379 e. The molecule has 0 bridgehead atoms. The minimum absolute atomic E-state index is 0.359. The number of H-pyrrole nitrogens is 1. The quantitative estimate of drug-likeness (QED) is 0.680. The van der Waals surface area contributed by atoms with E-state index in [-0.39, 0.29) is 0 Å². The van der Waals surface area contributed by atoms with Crippen molar-refractivity contribution in [2.75, 3.05) is 25.2 Å². The van der Waals surface area contributed by atoms with E-state index in [1.54, 1.807) is 0 Å². The summed E-state index contributed by atoms with van der Waals surface area (Å²) in [4.78, 5) is 2.00. The molecule has 6 heteroatoms. The molecule has 2 rings (SSSR count). The first kappa shape index (κ1) is 8.43. The summed E-state index contributed by atoms with van der Waals surface area (Å²) in [5, 5.41) is 13.8. The van der Waals surface area contributed by atoms with Gasteiger partial charge in [-0.05, 0) is 5.21 Å². The summed E-state index contributed by atoms with van der Waals surface area (Å²) in [7, 11) is 1.96. The van der Waals surface area contributed by atoms with Gasteiger partial charge in [0.2, 0.25) is 0 Å². The highest BCUT2D eigenvalue weighted by atomic mass is 16.5. The third-order valence-electron chi connectivity index (χ3n) is 2.47. The molecule has 0 saturated carbocycles. The van der Waals surface area contributed by atoms with E-state index in [0.29, 0.717) is 17.9 Å². The van der Waals surface area contributed by atoms with Gasteiger partial charge in [-0.15, -0.1) is 5.10 Å². The van der Waals surface area contributed by atoms with Gasteiger partial charge in [0, 0.05) is 13.0 Å². The van der Waals surface area contributed by atoms with Crippen molar-refractivity contribution in [2.45, 2.75) is 13.0 Å². The predicted octanol–water partition coefficient (Wildman–Crippen LogP) is -0.329. The van der Waals surface area contributed by atoms with Crippen molar-refractivity contribution in [3.63, 3.8) is 0 Å². The Bertz CT molecular complexity index is 262. The van der Waals surface area contributed by atoms with Gasteiger partial charge in [-0.3, -0.25) is 0 Å². The fraction of sp³-hybridized carbons (Fsp3) is 0.857. The molecule has 0 radical (unpaired) electrons. The van der Waals surface area contributed by atoms with Gasteiger partial charge >= 0.3 is 0 Å². The van der Waals surface area contributed by atoms with Crippen LogP contribution in [0.3, 0.4) is 0 Å². The third-order valence-corrected chi connectivity index (χ3v) is 2.47. The summed E-state index contributed by atoms with van der Waals surface area (Å²) < 4.78 is 5.36. The lowest BCUT2D eigenvalue weighted by molar-refractivity contribution is 0.186. The summed E-state index contributed by atoms with van der Waals surface area (Å²) in [6, 6.07) is 0.359. The van der Waals surface area contributed by atoms with Crippen LogP contribution in [0, 0.1) is 5.92 Å². The first-order chi connectivity index (χ1) is 6.29. The van der Waals surface area contributed by atoms with Gasteiger partial charge in [-0.25, -0.2) is 0 Å². The number of ether oxygens (including phenoxy) is 1. The van der Waals surface area contributed by atoms with Crippen LogP contribution < -0.4 is 4.90 Å². The first-order valence-corrected chi connectivity index (χ1v) is 4.33. The number of hydrogen-bond acceptors (Lipinski definition) is 5. The molecule has 0 aromatic carbocycles. The van der Waals surface area contributed by atoms with Crippen LogP contribution in [0.2, 0.25) is 0 Å². The SMILES string of the molecule is CC1COCC1N(C)c1nn[nH]n1.